The van der Waals surface area contributed by atoms with E-state index in [9.17, 15) is 9.18 Å². The molecule has 1 fully saturated rings. The Labute approximate surface area is 135 Å². The Kier molecular flexibility index (Phi) is 4.74. The Balaban J connectivity index is 1.75. The van der Waals surface area contributed by atoms with Crippen molar-refractivity contribution in [3.63, 3.8) is 0 Å². The molecule has 0 aliphatic heterocycles. The lowest BCUT2D eigenvalue weighted by atomic mass is 9.95. The van der Waals surface area contributed by atoms with E-state index in [1.807, 2.05) is 6.07 Å². The Bertz CT molecular complexity index is 696. The highest BCUT2D eigenvalue weighted by molar-refractivity contribution is 5.97. The summed E-state index contributed by atoms with van der Waals surface area (Å²) in [5.74, 6) is 0.350. The van der Waals surface area contributed by atoms with E-state index in [0.29, 0.717) is 16.8 Å². The first-order chi connectivity index (χ1) is 11.1. The number of nitrogens with zero attached hydrogens (tertiary/aromatic N) is 1. The molecule has 1 aliphatic carbocycles. The number of amides is 1. The fourth-order valence-electron chi connectivity index (χ4n) is 3.00. The van der Waals surface area contributed by atoms with Crippen molar-refractivity contribution in [2.24, 2.45) is 0 Å². The first kappa shape index (κ1) is 15.7. The van der Waals surface area contributed by atoms with Gasteiger partial charge in [-0.2, -0.15) is 0 Å². The van der Waals surface area contributed by atoms with Crippen molar-refractivity contribution in [1.29, 1.82) is 0 Å². The number of benzene rings is 1. The van der Waals surface area contributed by atoms with E-state index in [-0.39, 0.29) is 11.9 Å². The van der Waals surface area contributed by atoms with E-state index < -0.39 is 6.36 Å². The van der Waals surface area contributed by atoms with Gasteiger partial charge in [0.1, 0.15) is 5.75 Å². The highest BCUT2D eigenvalue weighted by Crippen LogP contribution is 2.22. The summed E-state index contributed by atoms with van der Waals surface area (Å²) >= 11 is 0. The van der Waals surface area contributed by atoms with Gasteiger partial charge < -0.3 is 10.1 Å². The number of hydrogen-bond donors (Lipinski definition) is 1. The third kappa shape index (κ3) is 3.97. The number of carbonyl (C=O) groups excluding carboxylic acids is 1. The predicted molar refractivity (Wildman–Crippen MR) is 87.3 cm³/mol. The second kappa shape index (κ2) is 6.94. The zero-order valence-electron chi connectivity index (χ0n) is 13.2. The minimum Gasteiger partial charge on any atom is -0.461 e. The quantitative estimate of drug-likeness (QED) is 0.928. The molecule has 0 saturated heterocycles. The molecule has 0 spiro atoms. The first-order valence-electron chi connectivity index (χ1n) is 8.13. The van der Waals surface area contributed by atoms with Crippen LogP contribution in [0.1, 0.15) is 49.4 Å². The van der Waals surface area contributed by atoms with Gasteiger partial charge in [-0.15, -0.1) is 0 Å². The number of fused-ring (bicyclic) bond motifs is 1. The maximum Gasteiger partial charge on any atom is 0.253 e. The van der Waals surface area contributed by atoms with E-state index in [1.54, 1.807) is 24.4 Å². The van der Waals surface area contributed by atoms with Crippen LogP contribution in [0.25, 0.3) is 10.9 Å². The van der Waals surface area contributed by atoms with Crippen LogP contribution in [0.15, 0.2) is 30.5 Å². The van der Waals surface area contributed by atoms with E-state index in [1.165, 1.54) is 26.2 Å². The second-order valence-electron chi connectivity index (χ2n) is 6.05. The number of pyridine rings is 1. The molecular formula is C18H21FN2O2. The maximum atomic E-state index is 12.9. The molecule has 1 N–H and O–H groups in total. The third-order valence-corrected chi connectivity index (χ3v) is 4.16. The van der Waals surface area contributed by atoms with Gasteiger partial charge in [0.2, 0.25) is 6.36 Å². The molecule has 1 atom stereocenters. The summed E-state index contributed by atoms with van der Waals surface area (Å²) in [6, 6.07) is 7.23. The average Bonchev–Trinajstić information content (AvgIpc) is 2.54. The number of rotatable bonds is 4. The standard InChI is InChI=1S/C18H21FN2O2/c1-12(19)23-16-8-7-13-9-14(11-20-17(13)10-16)18(22)21-15-5-3-2-4-6-15/h7-12,15H,2-6H2,1H3,(H,21,22). The molecule has 1 unspecified atom stereocenters. The largest absolute Gasteiger partial charge is 0.461 e. The van der Waals surface area contributed by atoms with Crippen molar-refractivity contribution in [2.45, 2.75) is 51.4 Å². The Morgan fingerprint density at radius 3 is 2.83 bits per heavy atom. The van der Waals surface area contributed by atoms with Crippen LogP contribution in [0, 0.1) is 0 Å². The number of alkyl halides is 1. The van der Waals surface area contributed by atoms with Crippen LogP contribution in [0.3, 0.4) is 0 Å². The number of carbonyl (C=O) groups is 1. The molecule has 3 rings (SSSR count). The van der Waals surface area contributed by atoms with Gasteiger partial charge in [0.15, 0.2) is 0 Å². The summed E-state index contributed by atoms with van der Waals surface area (Å²) < 4.78 is 17.9. The highest BCUT2D eigenvalue weighted by atomic mass is 19.1. The molecule has 0 radical (unpaired) electrons. The van der Waals surface area contributed by atoms with E-state index in [0.717, 1.165) is 18.2 Å². The second-order valence-corrected chi connectivity index (χ2v) is 6.05. The van der Waals surface area contributed by atoms with Gasteiger partial charge in [-0.1, -0.05) is 19.3 Å². The number of hydrogen-bond acceptors (Lipinski definition) is 3. The van der Waals surface area contributed by atoms with Gasteiger partial charge in [0.25, 0.3) is 5.91 Å². The summed E-state index contributed by atoms with van der Waals surface area (Å²) in [4.78, 5) is 16.6. The number of halogens is 1. The van der Waals surface area contributed by atoms with Crippen LogP contribution >= 0.6 is 0 Å². The van der Waals surface area contributed by atoms with Gasteiger partial charge in [0, 0.05) is 30.6 Å². The Hall–Kier alpha value is -2.17. The Morgan fingerprint density at radius 2 is 2.09 bits per heavy atom. The van der Waals surface area contributed by atoms with Crippen LogP contribution < -0.4 is 10.1 Å². The van der Waals surface area contributed by atoms with Crippen LogP contribution in [-0.2, 0) is 0 Å². The molecule has 4 nitrogen and oxygen atoms in total. The van der Waals surface area contributed by atoms with Gasteiger partial charge >= 0.3 is 0 Å². The SMILES string of the molecule is CC(F)Oc1ccc2cc(C(=O)NC3CCCCC3)cnc2c1. The average molecular weight is 316 g/mol. The van der Waals surface area contributed by atoms with Crippen LogP contribution in [0.4, 0.5) is 4.39 Å². The summed E-state index contributed by atoms with van der Waals surface area (Å²) in [6.07, 6.45) is 5.90. The van der Waals surface area contributed by atoms with Crippen molar-refractivity contribution < 1.29 is 13.9 Å². The van der Waals surface area contributed by atoms with Gasteiger partial charge in [-0.3, -0.25) is 9.78 Å². The van der Waals surface area contributed by atoms with Gasteiger partial charge in [-0.05, 0) is 31.0 Å². The summed E-state index contributed by atoms with van der Waals surface area (Å²) in [6.45, 7) is 1.33. The molecule has 2 aromatic rings. The lowest BCUT2D eigenvalue weighted by Crippen LogP contribution is -2.36. The normalized spacial score (nSPS) is 17.0. The van der Waals surface area contributed by atoms with E-state index in [2.05, 4.69) is 10.3 Å². The molecule has 1 aliphatic rings. The maximum absolute atomic E-state index is 12.9. The molecular weight excluding hydrogens is 295 g/mol. The van der Waals surface area contributed by atoms with Crippen molar-refractivity contribution in [3.05, 3.63) is 36.0 Å². The number of nitrogens with one attached hydrogen (secondary N) is 1. The van der Waals surface area contributed by atoms with Gasteiger partial charge in [-0.25, -0.2) is 4.39 Å². The molecule has 1 aromatic carbocycles. The van der Waals surface area contributed by atoms with Crippen molar-refractivity contribution in [2.75, 3.05) is 0 Å². The van der Waals surface area contributed by atoms with Crippen LogP contribution in [0.5, 0.6) is 5.75 Å². The zero-order valence-corrected chi connectivity index (χ0v) is 13.2. The van der Waals surface area contributed by atoms with Crippen LogP contribution in [0.2, 0.25) is 0 Å². The van der Waals surface area contributed by atoms with Crippen molar-refractivity contribution >= 4 is 16.8 Å². The molecule has 1 aromatic heterocycles. The lowest BCUT2D eigenvalue weighted by molar-refractivity contribution is 0.0861. The fraction of sp³-hybridized carbons (Fsp3) is 0.444. The molecule has 5 heteroatoms. The molecule has 1 amide bonds. The Morgan fingerprint density at radius 1 is 1.30 bits per heavy atom. The molecule has 1 heterocycles. The highest BCUT2D eigenvalue weighted by Gasteiger charge is 2.17. The van der Waals surface area contributed by atoms with E-state index >= 15 is 0 Å². The topological polar surface area (TPSA) is 51.2 Å². The summed E-state index contributed by atoms with van der Waals surface area (Å²) in [7, 11) is 0. The third-order valence-electron chi connectivity index (χ3n) is 4.16. The minimum atomic E-state index is -1.37. The fourth-order valence-corrected chi connectivity index (χ4v) is 3.00. The van der Waals surface area contributed by atoms with Crippen molar-refractivity contribution in [1.82, 2.24) is 10.3 Å². The molecule has 23 heavy (non-hydrogen) atoms. The number of aromatic nitrogens is 1. The zero-order chi connectivity index (χ0) is 16.2. The van der Waals surface area contributed by atoms with Gasteiger partial charge in [0.05, 0.1) is 11.1 Å². The smallest absolute Gasteiger partial charge is 0.253 e. The lowest BCUT2D eigenvalue weighted by Gasteiger charge is -2.22. The summed E-state index contributed by atoms with van der Waals surface area (Å²) in [5.41, 5.74) is 1.23. The molecule has 1 saturated carbocycles. The molecule has 122 valence electrons. The minimum absolute atomic E-state index is 0.0796. The first-order valence-corrected chi connectivity index (χ1v) is 8.13. The van der Waals surface area contributed by atoms with Crippen molar-refractivity contribution in [3.8, 4) is 5.75 Å². The number of ether oxygens (including phenoxy) is 1. The van der Waals surface area contributed by atoms with Crippen LogP contribution in [-0.4, -0.2) is 23.3 Å². The van der Waals surface area contributed by atoms with E-state index in [4.69, 9.17) is 4.74 Å². The molecule has 0 bridgehead atoms. The predicted octanol–water partition coefficient (Wildman–Crippen LogP) is 3.99. The summed E-state index contributed by atoms with van der Waals surface area (Å²) in [5, 5.41) is 3.92. The monoisotopic (exact) mass is 316 g/mol.